The Morgan fingerprint density at radius 3 is 2.73 bits per heavy atom. The summed E-state index contributed by atoms with van der Waals surface area (Å²) in [6, 6.07) is 5.78. The molecular weight excluding hydrogens is 406 g/mol. The molecule has 3 aliphatic heterocycles. The first kappa shape index (κ1) is 19.6. The van der Waals surface area contributed by atoms with Crippen LogP contribution in [0.3, 0.4) is 0 Å². The van der Waals surface area contributed by atoms with E-state index in [-0.39, 0.29) is 34.1 Å². The molecule has 0 aliphatic carbocycles. The average molecular weight is 432 g/mol. The molecule has 0 saturated carbocycles. The zero-order valence-electron chi connectivity index (χ0n) is 17.0. The third-order valence-corrected chi connectivity index (χ3v) is 7.04. The number of anilines is 1. The van der Waals surface area contributed by atoms with E-state index in [0.29, 0.717) is 42.7 Å². The number of amides is 1. The van der Waals surface area contributed by atoms with E-state index in [9.17, 15) is 9.59 Å². The van der Waals surface area contributed by atoms with Gasteiger partial charge in [-0.15, -0.1) is 11.8 Å². The van der Waals surface area contributed by atoms with Crippen molar-refractivity contribution in [3.63, 3.8) is 0 Å². The minimum Gasteiger partial charge on any atom is -0.486 e. The van der Waals surface area contributed by atoms with Gasteiger partial charge in [-0.1, -0.05) is 6.07 Å². The van der Waals surface area contributed by atoms with Crippen molar-refractivity contribution >= 4 is 23.5 Å². The number of hydrogen-bond acceptors (Lipinski definition) is 6. The fraction of sp³-hybridized carbons (Fsp3) is 0.524. The zero-order valence-corrected chi connectivity index (χ0v) is 17.8. The number of carbonyl (C=O) groups excluding carboxylic acids is 1. The van der Waals surface area contributed by atoms with Crippen molar-refractivity contribution in [3.8, 4) is 11.5 Å². The molecule has 2 N–H and O–H groups in total. The summed E-state index contributed by atoms with van der Waals surface area (Å²) in [5.41, 5.74) is 1.03. The summed E-state index contributed by atoms with van der Waals surface area (Å²) < 4.78 is 19.0. The van der Waals surface area contributed by atoms with Gasteiger partial charge in [0.15, 0.2) is 11.5 Å². The molecule has 3 aliphatic rings. The summed E-state index contributed by atoms with van der Waals surface area (Å²) in [5.74, 6) is 2.10. The van der Waals surface area contributed by atoms with Crippen LogP contribution >= 0.6 is 11.8 Å². The van der Waals surface area contributed by atoms with Crippen LogP contribution in [-0.2, 0) is 9.53 Å². The molecule has 0 bridgehead atoms. The molecule has 4 heterocycles. The van der Waals surface area contributed by atoms with E-state index < -0.39 is 0 Å². The second-order valence-electron chi connectivity index (χ2n) is 8.47. The molecule has 5 rings (SSSR count). The lowest BCUT2D eigenvalue weighted by atomic mass is 9.94. The summed E-state index contributed by atoms with van der Waals surface area (Å²) in [7, 11) is 0. The van der Waals surface area contributed by atoms with Crippen LogP contribution in [0, 0.1) is 0 Å². The van der Waals surface area contributed by atoms with Gasteiger partial charge in [-0.2, -0.15) is 0 Å². The number of nitrogens with one attached hydrogen (secondary N) is 2. The minimum absolute atomic E-state index is 0.0505. The summed E-state index contributed by atoms with van der Waals surface area (Å²) >= 11 is 1.45. The summed E-state index contributed by atoms with van der Waals surface area (Å²) in [6.45, 7) is 5.73. The molecule has 1 fully saturated rings. The predicted molar refractivity (Wildman–Crippen MR) is 114 cm³/mol. The van der Waals surface area contributed by atoms with Crippen molar-refractivity contribution in [1.29, 1.82) is 0 Å². The number of rotatable bonds is 2. The maximum Gasteiger partial charge on any atom is 0.270 e. The zero-order chi connectivity index (χ0) is 20.9. The molecular formula is C21H25N3O5S. The summed E-state index contributed by atoms with van der Waals surface area (Å²) in [6.07, 6.45) is 1.53. The molecule has 1 aromatic carbocycles. The van der Waals surface area contributed by atoms with Gasteiger partial charge < -0.3 is 19.5 Å². The Bertz CT molecular complexity index is 1040. The number of nitrogens with zero attached hydrogens (tertiary/aromatic N) is 1. The fourth-order valence-electron chi connectivity index (χ4n) is 4.42. The highest BCUT2D eigenvalue weighted by atomic mass is 32.2. The molecule has 2 aromatic rings. The van der Waals surface area contributed by atoms with Crippen LogP contribution in [-0.4, -0.2) is 46.9 Å². The van der Waals surface area contributed by atoms with Gasteiger partial charge in [0.25, 0.3) is 5.56 Å². The molecule has 9 heteroatoms. The van der Waals surface area contributed by atoms with Crippen LogP contribution in [0.4, 0.5) is 5.82 Å². The normalized spacial score (nSPS) is 25.2. The SMILES string of the molecule is CC1(C)C[C@@H](n2[nH]c(=O)c3c2NC(=O)CS[C@@H]3c2ccc3c(c2)OCCO3)CCO1. The van der Waals surface area contributed by atoms with E-state index in [1.54, 1.807) is 0 Å². The standard InChI is InChI=1S/C21H25N3O5S/c1-21(2)10-13(5-6-29-21)24-19-17(20(26)23-24)18(30-11-16(25)22-19)12-3-4-14-15(9-12)28-8-7-27-14/h3-4,9,13,18H,5-8,10-11H2,1-2H3,(H,22,25)(H,23,26)/t13-,18+/m0/s1. The Morgan fingerprint density at radius 1 is 1.13 bits per heavy atom. The molecule has 2 atom stereocenters. The average Bonchev–Trinajstić information content (AvgIpc) is 2.92. The van der Waals surface area contributed by atoms with Crippen LogP contribution in [0.1, 0.15) is 49.1 Å². The Hall–Kier alpha value is -2.39. The summed E-state index contributed by atoms with van der Waals surface area (Å²) in [5, 5.41) is 5.68. The van der Waals surface area contributed by atoms with E-state index in [1.165, 1.54) is 11.8 Å². The second kappa shape index (κ2) is 7.39. The first-order valence-corrected chi connectivity index (χ1v) is 11.3. The number of benzene rings is 1. The Kier molecular flexibility index (Phi) is 4.82. The molecule has 0 unspecified atom stereocenters. The van der Waals surface area contributed by atoms with Gasteiger partial charge in [-0.3, -0.25) is 19.4 Å². The van der Waals surface area contributed by atoms with Crippen molar-refractivity contribution in [2.45, 2.75) is 43.6 Å². The lowest BCUT2D eigenvalue weighted by Crippen LogP contribution is -2.36. The molecule has 30 heavy (non-hydrogen) atoms. The van der Waals surface area contributed by atoms with Gasteiger partial charge in [0.1, 0.15) is 19.0 Å². The topological polar surface area (TPSA) is 94.6 Å². The molecule has 160 valence electrons. The molecule has 8 nitrogen and oxygen atoms in total. The van der Waals surface area contributed by atoms with Crippen LogP contribution in [0.15, 0.2) is 23.0 Å². The summed E-state index contributed by atoms with van der Waals surface area (Å²) in [4.78, 5) is 25.6. The van der Waals surface area contributed by atoms with Crippen LogP contribution < -0.4 is 20.3 Å². The van der Waals surface area contributed by atoms with Crippen molar-refractivity contribution in [3.05, 3.63) is 39.7 Å². The van der Waals surface area contributed by atoms with Crippen molar-refractivity contribution < 1.29 is 19.0 Å². The highest BCUT2D eigenvalue weighted by Gasteiger charge is 2.36. The number of carbonyl (C=O) groups is 1. The van der Waals surface area contributed by atoms with Crippen LogP contribution in [0.2, 0.25) is 0 Å². The van der Waals surface area contributed by atoms with Crippen molar-refractivity contribution in [2.75, 3.05) is 30.9 Å². The van der Waals surface area contributed by atoms with Gasteiger partial charge in [-0.25, -0.2) is 0 Å². The largest absolute Gasteiger partial charge is 0.486 e. The van der Waals surface area contributed by atoms with Crippen molar-refractivity contribution in [2.24, 2.45) is 0 Å². The van der Waals surface area contributed by atoms with Gasteiger partial charge in [0.2, 0.25) is 5.91 Å². The van der Waals surface area contributed by atoms with E-state index in [2.05, 4.69) is 10.4 Å². The quantitative estimate of drug-likeness (QED) is 0.759. The van der Waals surface area contributed by atoms with E-state index in [1.807, 2.05) is 36.7 Å². The smallest absolute Gasteiger partial charge is 0.270 e. The number of ether oxygens (including phenoxy) is 3. The Morgan fingerprint density at radius 2 is 1.93 bits per heavy atom. The van der Waals surface area contributed by atoms with Crippen LogP contribution in [0.25, 0.3) is 0 Å². The molecule has 0 spiro atoms. The maximum atomic E-state index is 13.1. The van der Waals surface area contributed by atoms with Gasteiger partial charge >= 0.3 is 0 Å². The first-order chi connectivity index (χ1) is 14.4. The maximum absolute atomic E-state index is 13.1. The molecule has 1 saturated heterocycles. The Labute approximate surface area is 178 Å². The predicted octanol–water partition coefficient (Wildman–Crippen LogP) is 2.85. The van der Waals surface area contributed by atoms with E-state index >= 15 is 0 Å². The molecule has 1 amide bonds. The minimum atomic E-state index is -0.285. The molecule has 0 radical (unpaired) electrons. The highest BCUT2D eigenvalue weighted by molar-refractivity contribution is 8.00. The van der Waals surface area contributed by atoms with Gasteiger partial charge in [0, 0.05) is 6.61 Å². The number of aromatic nitrogens is 2. The van der Waals surface area contributed by atoms with Crippen molar-refractivity contribution in [1.82, 2.24) is 9.78 Å². The van der Waals surface area contributed by atoms with Crippen LogP contribution in [0.5, 0.6) is 11.5 Å². The molecule has 1 aromatic heterocycles. The number of fused-ring (bicyclic) bond motifs is 2. The number of hydrogen-bond donors (Lipinski definition) is 2. The van der Waals surface area contributed by atoms with Gasteiger partial charge in [0.05, 0.1) is 28.2 Å². The number of thioether (sulfide) groups is 1. The van der Waals surface area contributed by atoms with E-state index in [0.717, 1.165) is 18.4 Å². The fourth-order valence-corrected chi connectivity index (χ4v) is 5.54. The first-order valence-electron chi connectivity index (χ1n) is 10.2. The second-order valence-corrected chi connectivity index (χ2v) is 9.56. The van der Waals surface area contributed by atoms with E-state index in [4.69, 9.17) is 14.2 Å². The number of H-pyrrole nitrogens is 1. The highest BCUT2D eigenvalue weighted by Crippen LogP contribution is 2.44. The monoisotopic (exact) mass is 431 g/mol. The lowest BCUT2D eigenvalue weighted by molar-refractivity contribution is -0.113. The number of aromatic amines is 1. The lowest BCUT2D eigenvalue weighted by Gasteiger charge is -2.36. The third kappa shape index (κ3) is 3.50. The van der Waals surface area contributed by atoms with Gasteiger partial charge in [-0.05, 0) is 44.4 Å². The Balaban J connectivity index is 1.58. The third-order valence-electron chi connectivity index (χ3n) is 5.77.